The molecule has 2 N–H and O–H groups in total. The van der Waals surface area contributed by atoms with E-state index in [2.05, 4.69) is 13.2 Å². The van der Waals surface area contributed by atoms with E-state index < -0.39 is 0 Å². The molecule has 0 aromatic carbocycles. The Morgan fingerprint density at radius 3 is 1.41 bits per heavy atom. The molecule has 0 heterocycles. The average Bonchev–Trinajstić information content (AvgIpc) is 2.74. The number of aliphatic hydroxyl groups excluding tert-OH is 2. The molecule has 29 heavy (non-hydrogen) atoms. The largest absolute Gasteiger partial charge is 0.508 e. The van der Waals surface area contributed by atoms with Gasteiger partial charge in [-0.05, 0) is 72.7 Å². The molecule has 2 heteroatoms. The van der Waals surface area contributed by atoms with Gasteiger partial charge in [-0.1, -0.05) is 75.0 Å². The number of rotatable bonds is 4. The Labute approximate surface area is 176 Å². The molecule has 4 aliphatic carbocycles. The van der Waals surface area contributed by atoms with E-state index in [-0.39, 0.29) is 0 Å². The third-order valence-corrected chi connectivity index (χ3v) is 7.39. The topological polar surface area (TPSA) is 40.5 Å². The van der Waals surface area contributed by atoms with Gasteiger partial charge in [0.25, 0.3) is 0 Å². The molecule has 0 aliphatic heterocycles. The highest BCUT2D eigenvalue weighted by atomic mass is 16.3. The van der Waals surface area contributed by atoms with Gasteiger partial charge in [0.05, 0.1) is 0 Å². The van der Waals surface area contributed by atoms with Gasteiger partial charge in [0, 0.05) is 6.42 Å². The van der Waals surface area contributed by atoms with Crippen LogP contribution < -0.4 is 0 Å². The SMILES string of the molecule is C=C1C=C(CC2=CC(=C)CC(C3CCCCC3)=C2O)C(O)=C(C2CCCCC2)C1. The van der Waals surface area contributed by atoms with E-state index in [1.807, 2.05) is 12.2 Å². The Balaban J connectivity index is 1.59. The van der Waals surface area contributed by atoms with Crippen LogP contribution in [0.5, 0.6) is 0 Å². The molecule has 0 radical (unpaired) electrons. The second-order valence-corrected chi connectivity index (χ2v) is 9.60. The summed E-state index contributed by atoms with van der Waals surface area (Å²) in [6.07, 6.45) is 18.6. The van der Waals surface area contributed by atoms with Crippen molar-refractivity contribution in [2.75, 3.05) is 0 Å². The smallest absolute Gasteiger partial charge is 0.118 e. The van der Waals surface area contributed by atoms with Crippen molar-refractivity contribution in [3.63, 3.8) is 0 Å². The van der Waals surface area contributed by atoms with E-state index in [4.69, 9.17) is 0 Å². The third kappa shape index (κ3) is 4.47. The molecule has 0 atom stereocenters. The predicted octanol–water partition coefficient (Wildman–Crippen LogP) is 7.93. The standard InChI is InChI=1S/C27H36O2/c1-18-13-22(26(28)24(15-18)20-9-5-3-6-10-20)17-23-14-19(2)16-25(27(23)29)21-11-7-4-8-12-21/h13-14,20-21,28-29H,1-12,15-17H2. The molecular weight excluding hydrogens is 356 g/mol. The zero-order valence-corrected chi connectivity index (χ0v) is 17.8. The molecule has 4 rings (SSSR count). The highest BCUT2D eigenvalue weighted by Gasteiger charge is 2.29. The van der Waals surface area contributed by atoms with Crippen LogP contribution in [0.2, 0.25) is 0 Å². The zero-order chi connectivity index (χ0) is 20.4. The van der Waals surface area contributed by atoms with Gasteiger partial charge in [-0.25, -0.2) is 0 Å². The summed E-state index contributed by atoms with van der Waals surface area (Å²) in [5.41, 5.74) is 6.33. The average molecular weight is 393 g/mol. The number of allylic oxidation sites excluding steroid dienone is 8. The molecule has 0 bridgehead atoms. The van der Waals surface area contributed by atoms with Crippen LogP contribution in [0.15, 0.2) is 70.3 Å². The Hall–Kier alpha value is -1.96. The molecule has 4 aliphatic rings. The summed E-state index contributed by atoms with van der Waals surface area (Å²) in [6.45, 7) is 8.45. The molecule has 0 aromatic heterocycles. The molecule has 156 valence electrons. The van der Waals surface area contributed by atoms with Crippen LogP contribution in [0, 0.1) is 11.8 Å². The quantitative estimate of drug-likeness (QED) is 0.510. The monoisotopic (exact) mass is 392 g/mol. The maximum absolute atomic E-state index is 11.1. The predicted molar refractivity (Wildman–Crippen MR) is 121 cm³/mol. The van der Waals surface area contributed by atoms with E-state index in [1.54, 1.807) is 0 Å². The summed E-state index contributed by atoms with van der Waals surface area (Å²) in [7, 11) is 0. The lowest BCUT2D eigenvalue weighted by Gasteiger charge is -2.31. The number of aliphatic hydroxyl groups is 2. The minimum Gasteiger partial charge on any atom is -0.508 e. The molecule has 2 fully saturated rings. The Bertz CT molecular complexity index is 737. The first-order chi connectivity index (χ1) is 14.0. The Kier molecular flexibility index (Phi) is 6.18. The first-order valence-electron chi connectivity index (χ1n) is 11.6. The third-order valence-electron chi connectivity index (χ3n) is 7.39. The summed E-state index contributed by atoms with van der Waals surface area (Å²) < 4.78 is 0. The zero-order valence-electron chi connectivity index (χ0n) is 17.8. The summed E-state index contributed by atoms with van der Waals surface area (Å²) in [5, 5.41) is 22.2. The highest BCUT2D eigenvalue weighted by molar-refractivity contribution is 5.51. The maximum Gasteiger partial charge on any atom is 0.118 e. The van der Waals surface area contributed by atoms with Crippen molar-refractivity contribution in [3.8, 4) is 0 Å². The van der Waals surface area contributed by atoms with Crippen LogP contribution in [0.3, 0.4) is 0 Å². The van der Waals surface area contributed by atoms with Crippen LogP contribution in [-0.2, 0) is 0 Å². The van der Waals surface area contributed by atoms with Crippen LogP contribution >= 0.6 is 0 Å². The molecule has 2 saturated carbocycles. The first kappa shape index (κ1) is 20.3. The maximum atomic E-state index is 11.1. The lowest BCUT2D eigenvalue weighted by Crippen LogP contribution is -2.17. The van der Waals surface area contributed by atoms with Crippen molar-refractivity contribution in [1.82, 2.24) is 0 Å². The van der Waals surface area contributed by atoms with E-state index in [0.717, 1.165) is 35.1 Å². The van der Waals surface area contributed by atoms with Crippen molar-refractivity contribution in [1.29, 1.82) is 0 Å². The summed E-state index contributed by atoms with van der Waals surface area (Å²) in [5.74, 6) is 1.91. The van der Waals surface area contributed by atoms with Gasteiger partial charge in [-0.3, -0.25) is 0 Å². The van der Waals surface area contributed by atoms with Gasteiger partial charge in [0.1, 0.15) is 11.5 Å². The van der Waals surface area contributed by atoms with Crippen molar-refractivity contribution in [2.45, 2.75) is 83.5 Å². The van der Waals surface area contributed by atoms with Gasteiger partial charge in [0.2, 0.25) is 0 Å². The van der Waals surface area contributed by atoms with Crippen molar-refractivity contribution >= 4 is 0 Å². The number of hydrogen-bond donors (Lipinski definition) is 2. The molecule has 0 saturated heterocycles. The van der Waals surface area contributed by atoms with E-state index in [0.29, 0.717) is 29.8 Å². The van der Waals surface area contributed by atoms with Crippen LogP contribution in [0.1, 0.15) is 83.5 Å². The van der Waals surface area contributed by atoms with E-state index >= 15 is 0 Å². The summed E-state index contributed by atoms with van der Waals surface area (Å²) in [4.78, 5) is 0. The van der Waals surface area contributed by atoms with Gasteiger partial charge in [-0.15, -0.1) is 0 Å². The summed E-state index contributed by atoms with van der Waals surface area (Å²) >= 11 is 0. The van der Waals surface area contributed by atoms with Crippen molar-refractivity contribution in [2.24, 2.45) is 11.8 Å². The van der Waals surface area contributed by atoms with E-state index in [1.165, 1.54) is 75.4 Å². The van der Waals surface area contributed by atoms with E-state index in [9.17, 15) is 10.2 Å². The van der Waals surface area contributed by atoms with Gasteiger partial charge in [0.15, 0.2) is 0 Å². The lowest BCUT2D eigenvalue weighted by molar-refractivity contribution is 0.349. The van der Waals surface area contributed by atoms with Crippen LogP contribution in [-0.4, -0.2) is 10.2 Å². The Morgan fingerprint density at radius 1 is 0.655 bits per heavy atom. The van der Waals surface area contributed by atoms with Crippen molar-refractivity contribution < 1.29 is 10.2 Å². The normalized spacial score (nSPS) is 25.4. The second kappa shape index (κ2) is 8.81. The minimum absolute atomic E-state index is 0.466. The molecule has 0 unspecified atom stereocenters. The van der Waals surface area contributed by atoms with Crippen molar-refractivity contribution in [3.05, 3.63) is 70.3 Å². The first-order valence-corrected chi connectivity index (χ1v) is 11.6. The summed E-state index contributed by atoms with van der Waals surface area (Å²) in [6, 6.07) is 0. The minimum atomic E-state index is 0.466. The second-order valence-electron chi connectivity index (χ2n) is 9.60. The lowest BCUT2D eigenvalue weighted by atomic mass is 9.75. The fourth-order valence-electron chi connectivity index (χ4n) is 5.85. The molecule has 0 amide bonds. The number of hydrogen-bond acceptors (Lipinski definition) is 2. The highest BCUT2D eigenvalue weighted by Crippen LogP contribution is 2.43. The molecule has 0 spiro atoms. The van der Waals surface area contributed by atoms with Gasteiger partial charge < -0.3 is 10.2 Å². The van der Waals surface area contributed by atoms with Gasteiger partial charge >= 0.3 is 0 Å². The Morgan fingerprint density at radius 2 is 1.03 bits per heavy atom. The fourth-order valence-corrected chi connectivity index (χ4v) is 5.85. The van der Waals surface area contributed by atoms with Gasteiger partial charge in [-0.2, -0.15) is 0 Å². The molecular formula is C27H36O2. The van der Waals surface area contributed by atoms with Crippen LogP contribution in [0.4, 0.5) is 0 Å². The molecule has 2 nitrogen and oxygen atoms in total. The van der Waals surface area contributed by atoms with Crippen LogP contribution in [0.25, 0.3) is 0 Å². The molecule has 0 aromatic rings. The fraction of sp³-hybridized carbons (Fsp3) is 0.556.